The summed E-state index contributed by atoms with van der Waals surface area (Å²) in [6.45, 7) is 4.93. The van der Waals surface area contributed by atoms with Gasteiger partial charge in [0.05, 0.1) is 16.6 Å². The van der Waals surface area contributed by atoms with Gasteiger partial charge in [-0.1, -0.05) is 12.5 Å². The Kier molecular flexibility index (Phi) is 3.08. The smallest absolute Gasteiger partial charge is 0.0937 e. The SMILES string of the molecule is CC1=C2CC[C@H](c3ccoc3)[C@]2(C)CCC12SCCS2. The fourth-order valence-corrected chi connectivity index (χ4v) is 8.04. The molecule has 2 heterocycles. The van der Waals surface area contributed by atoms with Gasteiger partial charge in [-0.3, -0.25) is 0 Å². The fourth-order valence-electron chi connectivity index (χ4n) is 4.71. The van der Waals surface area contributed by atoms with E-state index in [1.807, 2.05) is 12.5 Å². The van der Waals surface area contributed by atoms with Crippen molar-refractivity contribution in [2.24, 2.45) is 5.41 Å². The molecule has 2 aliphatic carbocycles. The molecule has 1 saturated carbocycles. The zero-order valence-electron chi connectivity index (χ0n) is 12.3. The normalized spacial score (nSPS) is 35.8. The standard InChI is InChI=1S/C17H22OS2/c1-12-14-3-4-15(13-5-8-18-11-13)16(14,2)6-7-17(12)19-9-10-20-17/h5,8,11,15H,3-4,6-7,9-10H2,1-2H3/t15-,16-/m1/s1. The number of hydrogen-bond acceptors (Lipinski definition) is 3. The van der Waals surface area contributed by atoms with Crippen LogP contribution in [0, 0.1) is 5.41 Å². The van der Waals surface area contributed by atoms with Crippen LogP contribution in [-0.2, 0) is 0 Å². The van der Waals surface area contributed by atoms with E-state index in [0.29, 0.717) is 15.4 Å². The monoisotopic (exact) mass is 306 g/mol. The molecule has 2 atom stereocenters. The average Bonchev–Trinajstić information content (AvgIpc) is 3.15. The molecule has 1 nitrogen and oxygen atoms in total. The molecule has 0 unspecified atom stereocenters. The first-order chi connectivity index (χ1) is 9.66. The van der Waals surface area contributed by atoms with Crippen LogP contribution in [0.1, 0.15) is 51.0 Å². The van der Waals surface area contributed by atoms with Gasteiger partial charge in [0, 0.05) is 11.5 Å². The molecule has 0 aromatic carbocycles. The maximum absolute atomic E-state index is 5.35. The van der Waals surface area contributed by atoms with Crippen molar-refractivity contribution in [2.75, 3.05) is 11.5 Å². The summed E-state index contributed by atoms with van der Waals surface area (Å²) in [4.78, 5) is 0. The first kappa shape index (κ1) is 13.4. The summed E-state index contributed by atoms with van der Waals surface area (Å²) >= 11 is 4.41. The first-order valence-electron chi connectivity index (χ1n) is 7.66. The van der Waals surface area contributed by atoms with Crippen LogP contribution < -0.4 is 0 Å². The van der Waals surface area contributed by atoms with Crippen molar-refractivity contribution in [2.45, 2.75) is 49.5 Å². The van der Waals surface area contributed by atoms with Gasteiger partial charge in [-0.2, -0.15) is 0 Å². The lowest BCUT2D eigenvalue weighted by atomic mass is 9.67. The van der Waals surface area contributed by atoms with E-state index in [2.05, 4.69) is 43.4 Å². The Labute approximate surface area is 130 Å². The van der Waals surface area contributed by atoms with E-state index in [9.17, 15) is 0 Å². The van der Waals surface area contributed by atoms with Crippen LogP contribution >= 0.6 is 23.5 Å². The summed E-state index contributed by atoms with van der Waals surface area (Å²) in [7, 11) is 0. The van der Waals surface area contributed by atoms with Crippen molar-refractivity contribution < 1.29 is 4.42 Å². The molecule has 2 fully saturated rings. The molecule has 1 spiro atoms. The summed E-state index contributed by atoms with van der Waals surface area (Å²) in [6, 6.07) is 2.18. The number of furan rings is 1. The quantitative estimate of drug-likeness (QED) is 0.640. The van der Waals surface area contributed by atoms with Crippen LogP contribution in [0.4, 0.5) is 0 Å². The topological polar surface area (TPSA) is 13.1 Å². The second-order valence-electron chi connectivity index (χ2n) is 6.62. The molecule has 20 heavy (non-hydrogen) atoms. The Bertz CT molecular complexity index is 539. The van der Waals surface area contributed by atoms with Crippen molar-refractivity contribution in [1.29, 1.82) is 0 Å². The summed E-state index contributed by atoms with van der Waals surface area (Å²) in [6.07, 6.45) is 9.09. The van der Waals surface area contributed by atoms with E-state index in [0.717, 1.165) is 0 Å². The van der Waals surface area contributed by atoms with E-state index >= 15 is 0 Å². The van der Waals surface area contributed by atoms with Crippen LogP contribution in [0.3, 0.4) is 0 Å². The highest BCUT2D eigenvalue weighted by Crippen LogP contribution is 2.65. The lowest BCUT2D eigenvalue weighted by Crippen LogP contribution is -2.34. The molecule has 0 amide bonds. The molecule has 0 bridgehead atoms. The Morgan fingerprint density at radius 3 is 2.75 bits per heavy atom. The first-order valence-corrected chi connectivity index (χ1v) is 9.64. The van der Waals surface area contributed by atoms with Gasteiger partial charge in [0.1, 0.15) is 0 Å². The van der Waals surface area contributed by atoms with Crippen LogP contribution in [0.15, 0.2) is 34.2 Å². The van der Waals surface area contributed by atoms with Crippen LogP contribution in [-0.4, -0.2) is 15.6 Å². The van der Waals surface area contributed by atoms with Crippen molar-refractivity contribution in [1.82, 2.24) is 0 Å². The molecule has 0 N–H and O–H groups in total. The molecular formula is C17H22OS2. The zero-order valence-corrected chi connectivity index (χ0v) is 13.9. The van der Waals surface area contributed by atoms with Gasteiger partial charge in [-0.15, -0.1) is 23.5 Å². The summed E-state index contributed by atoms with van der Waals surface area (Å²) in [5.74, 6) is 3.33. The molecule has 4 rings (SSSR count). The van der Waals surface area contributed by atoms with Gasteiger partial charge in [-0.05, 0) is 61.1 Å². The predicted molar refractivity (Wildman–Crippen MR) is 88.4 cm³/mol. The van der Waals surface area contributed by atoms with E-state index < -0.39 is 0 Å². The highest BCUT2D eigenvalue weighted by atomic mass is 32.2. The van der Waals surface area contributed by atoms with Crippen molar-refractivity contribution >= 4 is 23.5 Å². The van der Waals surface area contributed by atoms with Gasteiger partial charge in [0.15, 0.2) is 0 Å². The maximum Gasteiger partial charge on any atom is 0.0937 e. The molecule has 1 aromatic rings. The Hall–Kier alpha value is -0.280. The average molecular weight is 306 g/mol. The van der Waals surface area contributed by atoms with Gasteiger partial charge in [0.2, 0.25) is 0 Å². The van der Waals surface area contributed by atoms with Crippen LogP contribution in [0.5, 0.6) is 0 Å². The zero-order chi connectivity index (χ0) is 13.8. The molecule has 3 aliphatic rings. The molecule has 0 radical (unpaired) electrons. The van der Waals surface area contributed by atoms with E-state index in [4.69, 9.17) is 4.42 Å². The second kappa shape index (κ2) is 4.61. The summed E-state index contributed by atoms with van der Waals surface area (Å²) < 4.78 is 5.78. The number of thioether (sulfide) groups is 2. The van der Waals surface area contributed by atoms with Crippen LogP contribution in [0.2, 0.25) is 0 Å². The molecule has 1 aromatic heterocycles. The summed E-state index contributed by atoms with van der Waals surface area (Å²) in [5.41, 5.74) is 5.28. The van der Waals surface area contributed by atoms with E-state index in [-0.39, 0.29) is 0 Å². The van der Waals surface area contributed by atoms with Gasteiger partial charge >= 0.3 is 0 Å². The highest BCUT2D eigenvalue weighted by molar-refractivity contribution is 8.21. The Balaban J connectivity index is 1.76. The van der Waals surface area contributed by atoms with E-state index in [1.165, 1.54) is 42.8 Å². The van der Waals surface area contributed by atoms with Gasteiger partial charge in [-0.25, -0.2) is 0 Å². The third-order valence-corrected chi connectivity index (χ3v) is 9.57. The lowest BCUT2D eigenvalue weighted by molar-refractivity contribution is 0.297. The fraction of sp³-hybridized carbons (Fsp3) is 0.647. The van der Waals surface area contributed by atoms with Gasteiger partial charge in [0.25, 0.3) is 0 Å². The largest absolute Gasteiger partial charge is 0.472 e. The molecule has 1 saturated heterocycles. The third kappa shape index (κ3) is 1.72. The minimum absolute atomic E-state index is 0.378. The van der Waals surface area contributed by atoms with Crippen molar-refractivity contribution in [3.8, 4) is 0 Å². The molecule has 1 aliphatic heterocycles. The van der Waals surface area contributed by atoms with Crippen molar-refractivity contribution in [3.05, 3.63) is 35.3 Å². The van der Waals surface area contributed by atoms with Gasteiger partial charge < -0.3 is 4.42 Å². The van der Waals surface area contributed by atoms with Crippen LogP contribution in [0.25, 0.3) is 0 Å². The highest BCUT2D eigenvalue weighted by Gasteiger charge is 2.52. The third-order valence-electron chi connectivity index (χ3n) is 5.84. The maximum atomic E-state index is 5.35. The minimum atomic E-state index is 0.378. The summed E-state index contributed by atoms with van der Waals surface area (Å²) in [5, 5.41) is 0. The lowest BCUT2D eigenvalue weighted by Gasteiger charge is -2.44. The van der Waals surface area contributed by atoms with Crippen molar-refractivity contribution in [3.63, 3.8) is 0 Å². The Morgan fingerprint density at radius 2 is 2.05 bits per heavy atom. The number of fused-ring (bicyclic) bond motifs is 1. The minimum Gasteiger partial charge on any atom is -0.472 e. The molecular weight excluding hydrogens is 284 g/mol. The number of rotatable bonds is 1. The van der Waals surface area contributed by atoms with E-state index in [1.54, 1.807) is 11.1 Å². The second-order valence-corrected chi connectivity index (χ2v) is 9.66. The predicted octanol–water partition coefficient (Wildman–Crippen LogP) is 5.45. The molecule has 108 valence electrons. The Morgan fingerprint density at radius 1 is 1.25 bits per heavy atom. The number of hydrogen-bond donors (Lipinski definition) is 0. The number of allylic oxidation sites excluding steroid dienone is 1. The molecule has 3 heteroatoms.